The number of benzene rings is 1. The third-order valence-corrected chi connectivity index (χ3v) is 3.45. The van der Waals surface area contributed by atoms with Crippen LogP contribution in [0.2, 0.25) is 0 Å². The molecule has 0 atom stereocenters. The molecule has 0 spiro atoms. The van der Waals surface area contributed by atoms with Gasteiger partial charge in [-0.25, -0.2) is 4.79 Å². The first-order valence-corrected chi connectivity index (χ1v) is 5.93. The summed E-state index contributed by atoms with van der Waals surface area (Å²) >= 11 is 0. The highest BCUT2D eigenvalue weighted by Crippen LogP contribution is 2.09. The smallest absolute Gasteiger partial charge is 0.423 e. The maximum Gasteiger partial charge on any atom is 0.426 e. The van der Waals surface area contributed by atoms with E-state index in [1.54, 1.807) is 26.4 Å². The van der Waals surface area contributed by atoms with Crippen LogP contribution in [0.5, 0.6) is 5.75 Å². The van der Waals surface area contributed by atoms with Crippen LogP contribution in [0.3, 0.4) is 0 Å². The molecule has 0 amide bonds. The SMILES string of the molecule is C=CC(=O)Oc1ccccc1[Si](OC)OC. The Morgan fingerprint density at radius 2 is 1.94 bits per heavy atom. The van der Waals surface area contributed by atoms with Gasteiger partial charge < -0.3 is 13.6 Å². The summed E-state index contributed by atoms with van der Waals surface area (Å²) in [5.74, 6) is -0.0500. The van der Waals surface area contributed by atoms with Crippen LogP contribution in [-0.2, 0) is 13.6 Å². The minimum absolute atomic E-state index is 0.449. The molecule has 4 nitrogen and oxygen atoms in total. The van der Waals surface area contributed by atoms with E-state index < -0.39 is 15.3 Å². The topological polar surface area (TPSA) is 44.8 Å². The van der Waals surface area contributed by atoms with Crippen LogP contribution >= 0.6 is 0 Å². The van der Waals surface area contributed by atoms with Crippen molar-refractivity contribution in [2.45, 2.75) is 0 Å². The average Bonchev–Trinajstić information content (AvgIpc) is 2.32. The molecule has 0 aliphatic rings. The van der Waals surface area contributed by atoms with Crippen molar-refractivity contribution < 1.29 is 18.4 Å². The van der Waals surface area contributed by atoms with Crippen molar-refractivity contribution >= 4 is 20.4 Å². The molecule has 85 valence electrons. The summed E-state index contributed by atoms with van der Waals surface area (Å²) in [5, 5.41) is 0.757. The van der Waals surface area contributed by atoms with Gasteiger partial charge in [0.1, 0.15) is 5.75 Å². The number of carbonyl (C=O) groups excluding carboxylic acids is 1. The van der Waals surface area contributed by atoms with Gasteiger partial charge in [0.15, 0.2) is 0 Å². The molecule has 0 saturated carbocycles. The molecule has 0 fully saturated rings. The Morgan fingerprint density at radius 1 is 1.31 bits per heavy atom. The zero-order valence-electron chi connectivity index (χ0n) is 9.23. The Bertz CT molecular complexity index is 374. The lowest BCUT2D eigenvalue weighted by Crippen LogP contribution is -2.36. The van der Waals surface area contributed by atoms with Crippen molar-refractivity contribution in [2.75, 3.05) is 14.2 Å². The summed E-state index contributed by atoms with van der Waals surface area (Å²) in [5.41, 5.74) is 0. The fourth-order valence-electron chi connectivity index (χ4n) is 1.18. The number of ether oxygens (including phenoxy) is 1. The number of para-hydroxylation sites is 1. The molecule has 5 heteroatoms. The van der Waals surface area contributed by atoms with E-state index in [4.69, 9.17) is 13.6 Å². The molecule has 1 radical (unpaired) electrons. The van der Waals surface area contributed by atoms with E-state index in [0.29, 0.717) is 5.75 Å². The molecule has 0 bridgehead atoms. The van der Waals surface area contributed by atoms with E-state index in [9.17, 15) is 4.79 Å². The Labute approximate surface area is 96.3 Å². The van der Waals surface area contributed by atoms with Gasteiger partial charge in [0.25, 0.3) is 0 Å². The molecule has 0 aliphatic carbocycles. The quantitative estimate of drug-likeness (QED) is 0.328. The highest BCUT2D eigenvalue weighted by molar-refractivity contribution is 6.62. The van der Waals surface area contributed by atoms with Gasteiger partial charge in [-0.05, 0) is 6.07 Å². The van der Waals surface area contributed by atoms with Gasteiger partial charge in [-0.1, -0.05) is 24.8 Å². The van der Waals surface area contributed by atoms with E-state index in [2.05, 4.69) is 6.58 Å². The zero-order valence-corrected chi connectivity index (χ0v) is 10.2. The van der Waals surface area contributed by atoms with Crippen molar-refractivity contribution in [3.63, 3.8) is 0 Å². The highest BCUT2D eigenvalue weighted by atomic mass is 28.3. The van der Waals surface area contributed by atoms with Crippen LogP contribution < -0.4 is 9.92 Å². The Hall–Kier alpha value is -1.43. The standard InChI is InChI=1S/C11H13O4Si/c1-4-11(12)15-9-7-5-6-8-10(9)16(13-2)14-3/h4-8H,1H2,2-3H3. The number of hydrogen-bond acceptors (Lipinski definition) is 4. The van der Waals surface area contributed by atoms with E-state index in [1.165, 1.54) is 0 Å². The largest absolute Gasteiger partial charge is 0.426 e. The van der Waals surface area contributed by atoms with Crippen molar-refractivity contribution in [1.29, 1.82) is 0 Å². The maximum atomic E-state index is 11.1. The zero-order chi connectivity index (χ0) is 12.0. The van der Waals surface area contributed by atoms with Crippen molar-refractivity contribution in [3.05, 3.63) is 36.9 Å². The minimum atomic E-state index is -1.60. The molecule has 0 aromatic heterocycles. The first-order chi connectivity index (χ1) is 7.72. The number of rotatable bonds is 5. The third-order valence-electron chi connectivity index (χ3n) is 1.85. The summed E-state index contributed by atoms with van der Waals surface area (Å²) in [6.45, 7) is 3.34. The van der Waals surface area contributed by atoms with Gasteiger partial charge in [-0.3, -0.25) is 0 Å². The fourth-order valence-corrected chi connectivity index (χ4v) is 2.35. The molecule has 1 aromatic carbocycles. The Balaban J connectivity index is 2.99. The molecular weight excluding hydrogens is 224 g/mol. The first-order valence-electron chi connectivity index (χ1n) is 4.61. The summed E-state index contributed by atoms with van der Waals surface area (Å²) in [4.78, 5) is 11.1. The van der Waals surface area contributed by atoms with Crippen LogP contribution in [-0.4, -0.2) is 29.5 Å². The number of hydrogen-bond donors (Lipinski definition) is 0. The van der Waals surface area contributed by atoms with Gasteiger partial charge in [-0.2, -0.15) is 0 Å². The van der Waals surface area contributed by atoms with Crippen molar-refractivity contribution in [1.82, 2.24) is 0 Å². The molecule has 16 heavy (non-hydrogen) atoms. The molecule has 1 rings (SSSR count). The summed E-state index contributed by atoms with van der Waals surface area (Å²) < 4.78 is 15.5. The van der Waals surface area contributed by atoms with Gasteiger partial charge in [0.2, 0.25) is 0 Å². The Kier molecular flexibility index (Phi) is 4.91. The van der Waals surface area contributed by atoms with Crippen molar-refractivity contribution in [2.24, 2.45) is 0 Å². The summed E-state index contributed by atoms with van der Waals surface area (Å²) in [6, 6.07) is 7.12. The lowest BCUT2D eigenvalue weighted by molar-refractivity contribution is -0.128. The lowest BCUT2D eigenvalue weighted by atomic mass is 10.3. The monoisotopic (exact) mass is 237 g/mol. The van der Waals surface area contributed by atoms with Crippen LogP contribution in [0, 0.1) is 0 Å². The van der Waals surface area contributed by atoms with Crippen LogP contribution in [0.1, 0.15) is 0 Å². The second-order valence-electron chi connectivity index (χ2n) is 2.82. The second-order valence-corrected chi connectivity index (χ2v) is 4.75. The van der Waals surface area contributed by atoms with Gasteiger partial charge in [0, 0.05) is 25.5 Å². The third kappa shape index (κ3) is 3.03. The average molecular weight is 237 g/mol. The van der Waals surface area contributed by atoms with Gasteiger partial charge in [-0.15, -0.1) is 0 Å². The molecule has 0 N–H and O–H groups in total. The molecule has 1 aromatic rings. The lowest BCUT2D eigenvalue weighted by Gasteiger charge is -2.13. The van der Waals surface area contributed by atoms with E-state index in [0.717, 1.165) is 11.3 Å². The molecule has 0 heterocycles. The van der Waals surface area contributed by atoms with Gasteiger partial charge >= 0.3 is 15.3 Å². The van der Waals surface area contributed by atoms with Gasteiger partial charge in [0.05, 0.1) is 0 Å². The predicted octanol–water partition coefficient (Wildman–Crippen LogP) is 0.766. The maximum absolute atomic E-state index is 11.1. The van der Waals surface area contributed by atoms with E-state index in [1.807, 2.05) is 12.1 Å². The second kappa shape index (κ2) is 6.22. The molecular formula is C11H13O4Si. The minimum Gasteiger partial charge on any atom is -0.423 e. The van der Waals surface area contributed by atoms with Crippen LogP contribution in [0.15, 0.2) is 36.9 Å². The highest BCUT2D eigenvalue weighted by Gasteiger charge is 2.21. The van der Waals surface area contributed by atoms with Crippen LogP contribution in [0.25, 0.3) is 0 Å². The van der Waals surface area contributed by atoms with E-state index in [-0.39, 0.29) is 0 Å². The normalized spacial score (nSPS) is 10.2. The predicted molar refractivity (Wildman–Crippen MR) is 61.7 cm³/mol. The number of carbonyl (C=O) groups is 1. The first kappa shape index (κ1) is 12.6. The van der Waals surface area contributed by atoms with Crippen molar-refractivity contribution in [3.8, 4) is 5.75 Å². The number of esters is 1. The molecule has 0 saturated heterocycles. The molecule has 0 unspecified atom stereocenters. The summed E-state index contributed by atoms with van der Waals surface area (Å²) in [7, 11) is 1.52. The summed E-state index contributed by atoms with van der Waals surface area (Å²) in [6.07, 6.45) is 1.11. The van der Waals surface area contributed by atoms with E-state index >= 15 is 0 Å². The Morgan fingerprint density at radius 3 is 2.50 bits per heavy atom. The van der Waals surface area contributed by atoms with Crippen LogP contribution in [0.4, 0.5) is 0 Å². The fraction of sp³-hybridized carbons (Fsp3) is 0.182. The molecule has 0 aliphatic heterocycles.